The summed E-state index contributed by atoms with van der Waals surface area (Å²) in [6.07, 6.45) is 5.82. The van der Waals surface area contributed by atoms with E-state index in [1.165, 1.54) is 19.3 Å². The topological polar surface area (TPSA) is 46.2 Å². The fourth-order valence-electron chi connectivity index (χ4n) is 5.45. The minimum absolute atomic E-state index is 0.307. The average Bonchev–Trinajstić information content (AvgIpc) is 2.83. The van der Waals surface area contributed by atoms with Crippen LogP contribution in [0.1, 0.15) is 43.2 Å². The lowest BCUT2D eigenvalue weighted by molar-refractivity contribution is 0.0244. The molecule has 3 N–H and O–H groups in total. The molecule has 4 aromatic rings. The maximum absolute atomic E-state index is 12.6. The molecule has 1 aliphatic rings. The van der Waals surface area contributed by atoms with Gasteiger partial charge in [-0.3, -0.25) is 0 Å². The molecule has 2 nitrogen and oxygen atoms in total. The first kappa shape index (κ1) is 19.3. The van der Waals surface area contributed by atoms with Gasteiger partial charge in [0.25, 0.3) is 0 Å². The lowest BCUT2D eigenvalue weighted by Gasteiger charge is -2.42. The Morgan fingerprint density at radius 3 is 1.67 bits per heavy atom. The fraction of sp³-hybridized carbons (Fsp3) is 0.286. The van der Waals surface area contributed by atoms with Crippen molar-refractivity contribution in [1.82, 2.24) is 0 Å². The van der Waals surface area contributed by atoms with Crippen molar-refractivity contribution in [3.63, 3.8) is 0 Å². The summed E-state index contributed by atoms with van der Waals surface area (Å²) in [6.45, 7) is 0. The zero-order valence-corrected chi connectivity index (χ0v) is 17.3. The van der Waals surface area contributed by atoms with Crippen LogP contribution in [0.25, 0.3) is 21.5 Å². The monoisotopic (exact) mass is 395 g/mol. The van der Waals surface area contributed by atoms with Gasteiger partial charge < -0.3 is 10.8 Å². The fourth-order valence-corrected chi connectivity index (χ4v) is 5.45. The Morgan fingerprint density at radius 1 is 0.667 bits per heavy atom. The van der Waals surface area contributed by atoms with Gasteiger partial charge in [0.15, 0.2) is 0 Å². The lowest BCUT2D eigenvalue weighted by Crippen LogP contribution is -2.51. The molecule has 5 rings (SSSR count). The molecule has 1 aliphatic carbocycles. The smallest absolute Gasteiger partial charge is 0.131 e. The third kappa shape index (κ3) is 3.12. The second-order valence-electron chi connectivity index (χ2n) is 8.74. The van der Waals surface area contributed by atoms with Gasteiger partial charge in [-0.2, -0.15) is 0 Å². The van der Waals surface area contributed by atoms with E-state index in [1.54, 1.807) is 0 Å². The highest BCUT2D eigenvalue weighted by atomic mass is 16.3. The minimum Gasteiger partial charge on any atom is -0.379 e. The van der Waals surface area contributed by atoms with E-state index in [0.717, 1.165) is 45.5 Å². The summed E-state index contributed by atoms with van der Waals surface area (Å²) in [7, 11) is 0. The molecule has 1 fully saturated rings. The van der Waals surface area contributed by atoms with Crippen molar-refractivity contribution in [2.75, 3.05) is 0 Å². The Labute approximate surface area is 178 Å². The van der Waals surface area contributed by atoms with Gasteiger partial charge in [0.1, 0.15) is 5.60 Å². The van der Waals surface area contributed by atoms with E-state index in [-0.39, 0.29) is 6.04 Å². The maximum Gasteiger partial charge on any atom is 0.131 e. The first-order chi connectivity index (χ1) is 14.7. The molecule has 0 radical (unpaired) electrons. The molecule has 4 aromatic carbocycles. The molecule has 1 atom stereocenters. The zero-order chi connectivity index (χ0) is 20.6. The molecule has 0 aliphatic heterocycles. The van der Waals surface area contributed by atoms with Crippen LogP contribution in [0.4, 0.5) is 0 Å². The molecule has 1 saturated carbocycles. The molecule has 0 saturated heterocycles. The lowest BCUT2D eigenvalue weighted by atomic mass is 9.69. The highest BCUT2D eigenvalue weighted by Gasteiger charge is 2.44. The third-order valence-electron chi connectivity index (χ3n) is 7.04. The van der Waals surface area contributed by atoms with Crippen LogP contribution >= 0.6 is 0 Å². The van der Waals surface area contributed by atoms with Gasteiger partial charge in [0, 0.05) is 6.04 Å². The number of hydrogen-bond donors (Lipinski definition) is 2. The van der Waals surface area contributed by atoms with Crippen LogP contribution in [0, 0.1) is 5.92 Å². The summed E-state index contributed by atoms with van der Waals surface area (Å²) in [5, 5.41) is 17.0. The quantitative estimate of drug-likeness (QED) is 0.436. The molecular weight excluding hydrogens is 366 g/mol. The zero-order valence-electron chi connectivity index (χ0n) is 17.3. The summed E-state index contributed by atoms with van der Waals surface area (Å²) < 4.78 is 0. The molecule has 1 unspecified atom stereocenters. The minimum atomic E-state index is -1.26. The molecule has 0 heterocycles. The van der Waals surface area contributed by atoms with Crippen molar-refractivity contribution in [1.29, 1.82) is 0 Å². The number of benzene rings is 4. The second-order valence-corrected chi connectivity index (χ2v) is 8.74. The SMILES string of the molecule is NC(C1CCCCC1)C(O)(c1cccc2ccccc12)c1cccc2ccccc12. The van der Waals surface area contributed by atoms with Crippen LogP contribution < -0.4 is 5.73 Å². The first-order valence-electron chi connectivity index (χ1n) is 11.1. The summed E-state index contributed by atoms with van der Waals surface area (Å²) in [4.78, 5) is 0. The summed E-state index contributed by atoms with van der Waals surface area (Å²) >= 11 is 0. The molecule has 30 heavy (non-hydrogen) atoms. The van der Waals surface area contributed by atoms with Gasteiger partial charge in [-0.05, 0) is 51.4 Å². The van der Waals surface area contributed by atoms with Crippen molar-refractivity contribution in [2.24, 2.45) is 11.7 Å². The molecular formula is C28H29NO. The van der Waals surface area contributed by atoms with Crippen LogP contribution in [0.3, 0.4) is 0 Å². The average molecular weight is 396 g/mol. The molecule has 0 spiro atoms. The number of rotatable bonds is 4. The van der Waals surface area contributed by atoms with E-state index in [9.17, 15) is 5.11 Å². The van der Waals surface area contributed by atoms with Gasteiger partial charge in [0.05, 0.1) is 0 Å². The Bertz CT molecular complexity index is 1090. The molecule has 0 aromatic heterocycles. The Morgan fingerprint density at radius 2 is 1.13 bits per heavy atom. The Balaban J connectivity index is 1.79. The van der Waals surface area contributed by atoms with Gasteiger partial charge in [0.2, 0.25) is 0 Å². The summed E-state index contributed by atoms with van der Waals surface area (Å²) in [5.41, 5.74) is 7.59. The highest BCUT2D eigenvalue weighted by Crippen LogP contribution is 2.44. The first-order valence-corrected chi connectivity index (χ1v) is 11.1. The van der Waals surface area contributed by atoms with E-state index in [4.69, 9.17) is 5.73 Å². The van der Waals surface area contributed by atoms with E-state index in [1.807, 2.05) is 36.4 Å². The van der Waals surface area contributed by atoms with Crippen molar-refractivity contribution < 1.29 is 5.11 Å². The van der Waals surface area contributed by atoms with Gasteiger partial charge in [-0.25, -0.2) is 0 Å². The molecule has 2 heteroatoms. The van der Waals surface area contributed by atoms with Crippen molar-refractivity contribution in [2.45, 2.75) is 43.7 Å². The van der Waals surface area contributed by atoms with Gasteiger partial charge >= 0.3 is 0 Å². The van der Waals surface area contributed by atoms with E-state index in [2.05, 4.69) is 48.5 Å². The van der Waals surface area contributed by atoms with Gasteiger partial charge in [-0.1, -0.05) is 104 Å². The summed E-state index contributed by atoms with van der Waals surface area (Å²) in [5.74, 6) is 0.307. The highest BCUT2D eigenvalue weighted by molar-refractivity contribution is 5.91. The normalized spacial score (nSPS) is 16.7. The van der Waals surface area contributed by atoms with Crippen LogP contribution in [-0.2, 0) is 5.60 Å². The van der Waals surface area contributed by atoms with E-state index >= 15 is 0 Å². The number of hydrogen-bond acceptors (Lipinski definition) is 2. The van der Waals surface area contributed by atoms with Crippen molar-refractivity contribution in [3.05, 3.63) is 96.1 Å². The van der Waals surface area contributed by atoms with Crippen LogP contribution in [0.15, 0.2) is 84.9 Å². The second kappa shape index (κ2) is 7.86. The standard InChI is InChI=1S/C28H29NO/c29-27(22-12-2-1-3-13-22)28(30,25-18-8-14-20-10-4-6-16-23(20)25)26-19-9-15-21-11-5-7-17-24(21)26/h4-11,14-19,22,27,30H,1-3,12-13,29H2. The van der Waals surface area contributed by atoms with E-state index < -0.39 is 5.60 Å². The number of aliphatic hydroxyl groups is 1. The molecule has 0 bridgehead atoms. The summed E-state index contributed by atoms with van der Waals surface area (Å²) in [6, 6.07) is 28.7. The van der Waals surface area contributed by atoms with Crippen molar-refractivity contribution in [3.8, 4) is 0 Å². The van der Waals surface area contributed by atoms with Crippen LogP contribution in [0.2, 0.25) is 0 Å². The molecule has 152 valence electrons. The Hall–Kier alpha value is -2.68. The predicted octanol–water partition coefficient (Wildman–Crippen LogP) is 6.14. The maximum atomic E-state index is 12.6. The van der Waals surface area contributed by atoms with Crippen LogP contribution in [0.5, 0.6) is 0 Å². The van der Waals surface area contributed by atoms with Crippen molar-refractivity contribution >= 4 is 21.5 Å². The van der Waals surface area contributed by atoms with E-state index in [0.29, 0.717) is 5.92 Å². The largest absolute Gasteiger partial charge is 0.379 e. The predicted molar refractivity (Wildman–Crippen MR) is 125 cm³/mol. The number of fused-ring (bicyclic) bond motifs is 2. The molecule has 0 amide bonds. The Kier molecular flexibility index (Phi) is 5.06. The number of nitrogens with two attached hydrogens (primary N) is 1. The van der Waals surface area contributed by atoms with Gasteiger partial charge in [-0.15, -0.1) is 0 Å². The third-order valence-corrected chi connectivity index (χ3v) is 7.04. The van der Waals surface area contributed by atoms with Crippen LogP contribution in [-0.4, -0.2) is 11.1 Å².